The first-order valence-corrected chi connectivity index (χ1v) is 8.70. The van der Waals surface area contributed by atoms with Crippen LogP contribution >= 0.6 is 0 Å². The third-order valence-corrected chi connectivity index (χ3v) is 6.00. The first-order chi connectivity index (χ1) is 9.54. The van der Waals surface area contributed by atoms with Gasteiger partial charge in [-0.1, -0.05) is 31.2 Å². The Balaban J connectivity index is 2.18. The summed E-state index contributed by atoms with van der Waals surface area (Å²) in [4.78, 5) is 0. The number of hydrogen-bond acceptors (Lipinski definition) is 3. The molecule has 2 atom stereocenters. The minimum atomic E-state index is -3.25. The summed E-state index contributed by atoms with van der Waals surface area (Å²) < 4.78 is 32.8. The number of aryl methyl sites for hydroxylation is 1. The van der Waals surface area contributed by atoms with E-state index in [2.05, 4.69) is 23.8 Å². The molecule has 1 fully saturated rings. The lowest BCUT2D eigenvalue weighted by molar-refractivity contribution is 0.0570. The number of nitrogens with one attached hydrogen (secondary N) is 1. The maximum absolute atomic E-state index is 12.3. The molecule has 4 nitrogen and oxygen atoms in total. The number of benzene rings is 1. The second kappa shape index (κ2) is 6.70. The van der Waals surface area contributed by atoms with Crippen molar-refractivity contribution in [1.82, 2.24) is 4.72 Å². The minimum absolute atomic E-state index is 0.0221. The Labute approximate surface area is 121 Å². The molecule has 0 spiro atoms. The largest absolute Gasteiger partial charge is 0.381 e. The van der Waals surface area contributed by atoms with E-state index < -0.39 is 10.0 Å². The first-order valence-electron chi connectivity index (χ1n) is 7.15. The van der Waals surface area contributed by atoms with Gasteiger partial charge in [-0.25, -0.2) is 13.1 Å². The molecule has 0 aliphatic carbocycles. The van der Waals surface area contributed by atoms with Crippen LogP contribution in [0.1, 0.15) is 24.5 Å². The van der Waals surface area contributed by atoms with E-state index in [4.69, 9.17) is 4.74 Å². The molecule has 0 bridgehead atoms. The standard InChI is InChI=1S/C15H23NO3S/c1-3-16-20(17,18)15-8-9-19-11-14(15)10-13-7-5-4-6-12(13)2/h4-7,14-16H,3,8-11H2,1-2H3/t14-,15+/m0/s1. The normalized spacial score (nSPS) is 23.7. The highest BCUT2D eigenvalue weighted by Gasteiger charge is 2.35. The molecule has 1 aliphatic heterocycles. The summed E-state index contributed by atoms with van der Waals surface area (Å²) in [6, 6.07) is 8.14. The third-order valence-electron chi connectivity index (χ3n) is 3.89. The fourth-order valence-electron chi connectivity index (χ4n) is 2.81. The molecule has 112 valence electrons. The zero-order valence-corrected chi connectivity index (χ0v) is 12.9. The van der Waals surface area contributed by atoms with Crippen LogP contribution in [-0.2, 0) is 21.2 Å². The summed E-state index contributed by atoms with van der Waals surface area (Å²) in [5.41, 5.74) is 2.41. The van der Waals surface area contributed by atoms with Crippen molar-refractivity contribution in [2.75, 3.05) is 19.8 Å². The van der Waals surface area contributed by atoms with Gasteiger partial charge in [0.1, 0.15) is 0 Å². The van der Waals surface area contributed by atoms with Gasteiger partial charge in [0.25, 0.3) is 0 Å². The summed E-state index contributed by atoms with van der Waals surface area (Å²) in [7, 11) is -3.25. The topological polar surface area (TPSA) is 55.4 Å². The highest BCUT2D eigenvalue weighted by molar-refractivity contribution is 7.90. The SMILES string of the molecule is CCNS(=O)(=O)[C@@H]1CCOC[C@@H]1Cc1ccccc1C. The van der Waals surface area contributed by atoms with Crippen LogP contribution in [0.4, 0.5) is 0 Å². The van der Waals surface area contributed by atoms with Gasteiger partial charge >= 0.3 is 0 Å². The van der Waals surface area contributed by atoms with Gasteiger partial charge in [0.2, 0.25) is 10.0 Å². The molecule has 1 heterocycles. The predicted octanol–water partition coefficient (Wildman–Crippen LogP) is 1.88. The van der Waals surface area contributed by atoms with E-state index in [1.807, 2.05) is 19.1 Å². The van der Waals surface area contributed by atoms with E-state index >= 15 is 0 Å². The van der Waals surface area contributed by atoms with Gasteiger partial charge in [0.15, 0.2) is 0 Å². The van der Waals surface area contributed by atoms with Gasteiger partial charge in [-0.15, -0.1) is 0 Å². The van der Waals surface area contributed by atoms with Crippen molar-refractivity contribution < 1.29 is 13.2 Å². The van der Waals surface area contributed by atoms with E-state index in [-0.39, 0.29) is 11.2 Å². The van der Waals surface area contributed by atoms with Gasteiger partial charge < -0.3 is 4.74 Å². The van der Waals surface area contributed by atoms with Crippen LogP contribution in [0.2, 0.25) is 0 Å². The molecule has 0 saturated carbocycles. The highest BCUT2D eigenvalue weighted by Crippen LogP contribution is 2.26. The van der Waals surface area contributed by atoms with Crippen molar-refractivity contribution in [2.24, 2.45) is 5.92 Å². The fraction of sp³-hybridized carbons (Fsp3) is 0.600. The fourth-order valence-corrected chi connectivity index (χ4v) is 4.51. The van der Waals surface area contributed by atoms with Gasteiger partial charge in [-0.3, -0.25) is 0 Å². The van der Waals surface area contributed by atoms with Crippen molar-refractivity contribution in [2.45, 2.75) is 31.9 Å². The molecule has 1 aromatic carbocycles. The van der Waals surface area contributed by atoms with E-state index in [0.29, 0.717) is 26.2 Å². The summed E-state index contributed by atoms with van der Waals surface area (Å²) in [6.45, 7) is 5.36. The Morgan fingerprint density at radius 2 is 2.10 bits per heavy atom. The molecular weight excluding hydrogens is 274 g/mol. The molecule has 2 rings (SSSR count). The molecule has 0 unspecified atom stereocenters. The van der Waals surface area contributed by atoms with Crippen molar-refractivity contribution in [1.29, 1.82) is 0 Å². The van der Waals surface area contributed by atoms with Gasteiger partial charge in [-0.05, 0) is 30.9 Å². The molecule has 1 aliphatic rings. The Bertz CT molecular complexity index is 542. The zero-order chi connectivity index (χ0) is 14.6. The minimum Gasteiger partial charge on any atom is -0.381 e. The summed E-state index contributed by atoms with van der Waals surface area (Å²) in [5, 5.41) is -0.351. The molecule has 0 radical (unpaired) electrons. The van der Waals surface area contributed by atoms with Crippen molar-refractivity contribution in [3.63, 3.8) is 0 Å². The van der Waals surface area contributed by atoms with Crippen molar-refractivity contribution in [3.8, 4) is 0 Å². The second-order valence-electron chi connectivity index (χ2n) is 5.34. The van der Waals surface area contributed by atoms with E-state index in [9.17, 15) is 8.42 Å². The van der Waals surface area contributed by atoms with Crippen LogP contribution in [0.3, 0.4) is 0 Å². The molecule has 1 saturated heterocycles. The van der Waals surface area contributed by atoms with Crippen LogP contribution in [0.5, 0.6) is 0 Å². The molecule has 1 aromatic rings. The molecule has 0 amide bonds. The molecule has 1 N–H and O–H groups in total. The van der Waals surface area contributed by atoms with E-state index in [0.717, 1.165) is 6.42 Å². The average molecular weight is 297 g/mol. The lowest BCUT2D eigenvalue weighted by atomic mass is 9.91. The Morgan fingerprint density at radius 3 is 2.80 bits per heavy atom. The number of ether oxygens (including phenoxy) is 1. The number of rotatable bonds is 5. The van der Waals surface area contributed by atoms with Crippen LogP contribution in [0.15, 0.2) is 24.3 Å². The highest BCUT2D eigenvalue weighted by atomic mass is 32.2. The molecular formula is C15H23NO3S. The van der Waals surface area contributed by atoms with Crippen LogP contribution in [0, 0.1) is 12.8 Å². The van der Waals surface area contributed by atoms with Crippen molar-refractivity contribution in [3.05, 3.63) is 35.4 Å². The van der Waals surface area contributed by atoms with Gasteiger partial charge in [0.05, 0.1) is 11.9 Å². The summed E-state index contributed by atoms with van der Waals surface area (Å²) >= 11 is 0. The zero-order valence-electron chi connectivity index (χ0n) is 12.1. The summed E-state index contributed by atoms with van der Waals surface area (Å²) in [6.07, 6.45) is 1.33. The van der Waals surface area contributed by atoms with E-state index in [1.54, 1.807) is 0 Å². The lowest BCUT2D eigenvalue weighted by Crippen LogP contribution is -2.44. The maximum Gasteiger partial charge on any atom is 0.214 e. The lowest BCUT2D eigenvalue weighted by Gasteiger charge is -2.31. The number of hydrogen-bond donors (Lipinski definition) is 1. The molecule has 0 aromatic heterocycles. The number of sulfonamides is 1. The quantitative estimate of drug-likeness (QED) is 0.903. The molecule has 20 heavy (non-hydrogen) atoms. The third kappa shape index (κ3) is 3.59. The maximum atomic E-state index is 12.3. The average Bonchev–Trinajstić information content (AvgIpc) is 2.42. The van der Waals surface area contributed by atoms with Gasteiger partial charge in [-0.2, -0.15) is 0 Å². The van der Waals surface area contributed by atoms with E-state index in [1.165, 1.54) is 11.1 Å². The summed E-state index contributed by atoms with van der Waals surface area (Å²) in [5.74, 6) is 0.0221. The first kappa shape index (κ1) is 15.5. The van der Waals surface area contributed by atoms with Gasteiger partial charge in [0, 0.05) is 19.1 Å². The van der Waals surface area contributed by atoms with Crippen LogP contribution in [0.25, 0.3) is 0 Å². The smallest absolute Gasteiger partial charge is 0.214 e. The molecule has 5 heteroatoms. The predicted molar refractivity (Wildman–Crippen MR) is 80.2 cm³/mol. The second-order valence-corrected chi connectivity index (χ2v) is 7.32. The monoisotopic (exact) mass is 297 g/mol. The van der Waals surface area contributed by atoms with Crippen LogP contribution < -0.4 is 4.72 Å². The Hall–Kier alpha value is -0.910. The van der Waals surface area contributed by atoms with Crippen LogP contribution in [-0.4, -0.2) is 33.4 Å². The Kier molecular flexibility index (Phi) is 5.18. The Morgan fingerprint density at radius 1 is 1.35 bits per heavy atom. The van der Waals surface area contributed by atoms with Crippen molar-refractivity contribution >= 4 is 10.0 Å².